The Balaban J connectivity index is 3.29. The van der Waals surface area contributed by atoms with Gasteiger partial charge >= 0.3 is 0 Å². The molecule has 1 heterocycles. The Labute approximate surface area is 83.4 Å². The van der Waals surface area contributed by atoms with E-state index in [9.17, 15) is 0 Å². The molecule has 0 aliphatic carbocycles. The van der Waals surface area contributed by atoms with E-state index in [2.05, 4.69) is 11.6 Å². The summed E-state index contributed by atoms with van der Waals surface area (Å²) in [5.41, 5.74) is 7.79. The summed E-state index contributed by atoms with van der Waals surface area (Å²) in [7, 11) is 3.07. The number of aryl methyl sites for hydroxylation is 1. The van der Waals surface area contributed by atoms with Crippen LogP contribution in [0.1, 0.15) is 11.3 Å². The van der Waals surface area contributed by atoms with Crippen LogP contribution in [-0.4, -0.2) is 19.2 Å². The van der Waals surface area contributed by atoms with Crippen molar-refractivity contribution in [1.29, 1.82) is 0 Å². The van der Waals surface area contributed by atoms with E-state index in [1.54, 1.807) is 7.11 Å². The van der Waals surface area contributed by atoms with Crippen molar-refractivity contribution in [3.63, 3.8) is 0 Å². The maximum Gasteiger partial charge on any atom is 0.237 e. The van der Waals surface area contributed by atoms with Crippen LogP contribution in [0.3, 0.4) is 0 Å². The molecular formula is C10H14N2O2. The predicted molar refractivity (Wildman–Crippen MR) is 56.0 cm³/mol. The van der Waals surface area contributed by atoms with Gasteiger partial charge in [-0.05, 0) is 13.0 Å². The highest BCUT2D eigenvalue weighted by Gasteiger charge is 2.11. The van der Waals surface area contributed by atoms with E-state index in [0.717, 1.165) is 11.3 Å². The second-order valence-electron chi connectivity index (χ2n) is 2.86. The Kier molecular flexibility index (Phi) is 2.96. The molecule has 1 rings (SSSR count). The van der Waals surface area contributed by atoms with Gasteiger partial charge in [-0.2, -0.15) is 0 Å². The van der Waals surface area contributed by atoms with Crippen LogP contribution in [0.25, 0.3) is 5.76 Å². The summed E-state index contributed by atoms with van der Waals surface area (Å²) < 4.78 is 10.0. The summed E-state index contributed by atoms with van der Waals surface area (Å²) in [5, 5.41) is 0. The quantitative estimate of drug-likeness (QED) is 0.742. The molecule has 0 saturated carbocycles. The number of nitrogens with two attached hydrogens (primary N) is 1. The van der Waals surface area contributed by atoms with Crippen molar-refractivity contribution in [3.05, 3.63) is 23.9 Å². The third-order valence-corrected chi connectivity index (χ3v) is 1.89. The van der Waals surface area contributed by atoms with Gasteiger partial charge in [0.1, 0.15) is 11.4 Å². The minimum atomic E-state index is 0.401. The summed E-state index contributed by atoms with van der Waals surface area (Å²) in [6.07, 6.45) is 0. The third-order valence-electron chi connectivity index (χ3n) is 1.89. The lowest BCUT2D eigenvalue weighted by atomic mass is 10.1. The molecule has 0 aliphatic heterocycles. The van der Waals surface area contributed by atoms with Gasteiger partial charge < -0.3 is 15.2 Å². The van der Waals surface area contributed by atoms with Crippen LogP contribution in [0.5, 0.6) is 5.88 Å². The molecule has 0 saturated heterocycles. The van der Waals surface area contributed by atoms with E-state index in [4.69, 9.17) is 15.2 Å². The Morgan fingerprint density at radius 2 is 2.14 bits per heavy atom. The molecule has 0 aliphatic rings. The molecule has 0 unspecified atom stereocenters. The Bertz CT molecular complexity index is 361. The van der Waals surface area contributed by atoms with Crippen molar-refractivity contribution >= 4 is 11.4 Å². The molecule has 1 aromatic heterocycles. The van der Waals surface area contributed by atoms with Crippen molar-refractivity contribution in [2.75, 3.05) is 20.0 Å². The van der Waals surface area contributed by atoms with Crippen LogP contribution in [0.15, 0.2) is 12.6 Å². The minimum absolute atomic E-state index is 0.401. The summed E-state index contributed by atoms with van der Waals surface area (Å²) in [6.45, 7) is 5.59. The lowest BCUT2D eigenvalue weighted by molar-refractivity contribution is 0.370. The van der Waals surface area contributed by atoms with Gasteiger partial charge in [-0.15, -0.1) is 0 Å². The number of hydrogen-bond acceptors (Lipinski definition) is 4. The van der Waals surface area contributed by atoms with Crippen LogP contribution < -0.4 is 10.5 Å². The van der Waals surface area contributed by atoms with Gasteiger partial charge in [0, 0.05) is 11.3 Å². The zero-order valence-electron chi connectivity index (χ0n) is 8.63. The van der Waals surface area contributed by atoms with E-state index in [0.29, 0.717) is 17.3 Å². The SMILES string of the molecule is C=C(OC)c1cc(C)nc(OC)c1N. The second-order valence-corrected chi connectivity index (χ2v) is 2.86. The number of rotatable bonds is 3. The second kappa shape index (κ2) is 4.00. The summed E-state index contributed by atoms with van der Waals surface area (Å²) >= 11 is 0. The number of aromatic nitrogens is 1. The highest BCUT2D eigenvalue weighted by Crippen LogP contribution is 2.28. The fourth-order valence-electron chi connectivity index (χ4n) is 1.15. The van der Waals surface area contributed by atoms with Gasteiger partial charge in [-0.25, -0.2) is 4.98 Å². The summed E-state index contributed by atoms with van der Waals surface area (Å²) in [5.74, 6) is 0.907. The zero-order valence-corrected chi connectivity index (χ0v) is 8.63. The van der Waals surface area contributed by atoms with Crippen LogP contribution in [0.2, 0.25) is 0 Å². The van der Waals surface area contributed by atoms with Gasteiger partial charge in [0.05, 0.1) is 14.2 Å². The number of nitrogens with zero attached hydrogens (tertiary/aromatic N) is 1. The summed E-state index contributed by atoms with van der Waals surface area (Å²) in [6, 6.07) is 1.81. The molecule has 0 fully saturated rings. The highest BCUT2D eigenvalue weighted by atomic mass is 16.5. The van der Waals surface area contributed by atoms with E-state index in [1.165, 1.54) is 7.11 Å². The van der Waals surface area contributed by atoms with Crippen LogP contribution in [-0.2, 0) is 4.74 Å². The van der Waals surface area contributed by atoms with Gasteiger partial charge in [-0.3, -0.25) is 0 Å². The lowest BCUT2D eigenvalue weighted by Crippen LogP contribution is -2.02. The fourth-order valence-corrected chi connectivity index (χ4v) is 1.15. The number of hydrogen-bond donors (Lipinski definition) is 1. The van der Waals surface area contributed by atoms with E-state index in [-0.39, 0.29) is 0 Å². The monoisotopic (exact) mass is 194 g/mol. The number of ether oxygens (including phenoxy) is 2. The smallest absolute Gasteiger partial charge is 0.237 e. The minimum Gasteiger partial charge on any atom is -0.497 e. The average molecular weight is 194 g/mol. The van der Waals surface area contributed by atoms with Crippen LogP contribution >= 0.6 is 0 Å². The Hall–Kier alpha value is -1.71. The molecule has 4 heteroatoms. The number of nitrogen functional groups attached to an aromatic ring is 1. The Morgan fingerprint density at radius 3 is 2.64 bits per heavy atom. The van der Waals surface area contributed by atoms with Crippen molar-refractivity contribution in [2.45, 2.75) is 6.92 Å². The van der Waals surface area contributed by atoms with Gasteiger partial charge in [0.15, 0.2) is 0 Å². The summed E-state index contributed by atoms with van der Waals surface area (Å²) in [4.78, 5) is 4.12. The Morgan fingerprint density at radius 1 is 1.50 bits per heavy atom. The molecule has 0 spiro atoms. The normalized spacial score (nSPS) is 9.64. The third kappa shape index (κ3) is 1.79. The lowest BCUT2D eigenvalue weighted by Gasteiger charge is -2.11. The number of anilines is 1. The first kappa shape index (κ1) is 10.4. The largest absolute Gasteiger partial charge is 0.497 e. The molecule has 0 bridgehead atoms. The fraction of sp³-hybridized carbons (Fsp3) is 0.300. The molecule has 14 heavy (non-hydrogen) atoms. The average Bonchev–Trinajstić information content (AvgIpc) is 2.19. The van der Waals surface area contributed by atoms with Gasteiger partial charge in [0.2, 0.25) is 5.88 Å². The first-order valence-electron chi connectivity index (χ1n) is 4.14. The van der Waals surface area contributed by atoms with E-state index in [1.807, 2.05) is 13.0 Å². The zero-order chi connectivity index (χ0) is 10.7. The van der Waals surface area contributed by atoms with Crippen molar-refractivity contribution in [3.8, 4) is 5.88 Å². The topological polar surface area (TPSA) is 57.4 Å². The van der Waals surface area contributed by atoms with E-state index < -0.39 is 0 Å². The van der Waals surface area contributed by atoms with E-state index >= 15 is 0 Å². The maximum absolute atomic E-state index is 5.81. The molecule has 0 radical (unpaired) electrons. The molecule has 0 aromatic carbocycles. The molecule has 0 amide bonds. The predicted octanol–water partition coefficient (Wildman–Crippen LogP) is 1.60. The van der Waals surface area contributed by atoms with Gasteiger partial charge in [-0.1, -0.05) is 6.58 Å². The number of methoxy groups -OCH3 is 2. The van der Waals surface area contributed by atoms with Crippen molar-refractivity contribution < 1.29 is 9.47 Å². The van der Waals surface area contributed by atoms with Crippen LogP contribution in [0, 0.1) is 6.92 Å². The molecule has 1 aromatic rings. The number of pyridine rings is 1. The molecule has 76 valence electrons. The van der Waals surface area contributed by atoms with Crippen LogP contribution in [0.4, 0.5) is 5.69 Å². The highest BCUT2D eigenvalue weighted by molar-refractivity contribution is 5.73. The molecule has 0 atom stereocenters. The van der Waals surface area contributed by atoms with Crippen molar-refractivity contribution in [2.24, 2.45) is 0 Å². The standard InChI is InChI=1S/C10H14N2O2/c1-6-5-8(7(2)13-3)9(11)10(12-6)14-4/h5H,2,11H2,1,3-4H3. The molecule has 4 nitrogen and oxygen atoms in total. The van der Waals surface area contributed by atoms with Crippen molar-refractivity contribution in [1.82, 2.24) is 4.98 Å². The van der Waals surface area contributed by atoms with Gasteiger partial charge in [0.25, 0.3) is 0 Å². The first-order valence-corrected chi connectivity index (χ1v) is 4.14. The first-order chi connectivity index (χ1) is 6.60. The molecule has 2 N–H and O–H groups in total. The maximum atomic E-state index is 5.81. The molecular weight excluding hydrogens is 180 g/mol.